The van der Waals surface area contributed by atoms with E-state index in [1.165, 1.54) is 0 Å². The van der Waals surface area contributed by atoms with Crippen LogP contribution in [-0.2, 0) is 0 Å². The van der Waals surface area contributed by atoms with Crippen molar-refractivity contribution in [1.82, 2.24) is 0 Å². The summed E-state index contributed by atoms with van der Waals surface area (Å²) in [6.45, 7) is 5.08. The summed E-state index contributed by atoms with van der Waals surface area (Å²) in [4.78, 5) is 0. The first-order valence-electron chi connectivity index (χ1n) is 5.17. The number of hydrogen-bond donors (Lipinski definition) is 2. The molecule has 4 N–H and O–H groups in total. The van der Waals surface area contributed by atoms with Crippen molar-refractivity contribution in [2.45, 2.75) is 19.3 Å². The minimum Gasteiger partial charge on any atom is -0.327 e. The third kappa shape index (κ3) is 7.77. The lowest BCUT2D eigenvalue weighted by Gasteiger charge is -2.07. The van der Waals surface area contributed by atoms with E-state index in [1.807, 2.05) is 18.2 Å². The van der Waals surface area contributed by atoms with Gasteiger partial charge in [-0.3, -0.25) is 0 Å². The zero-order valence-electron chi connectivity index (χ0n) is 8.86. The standard InChI is InChI=1S/C12H22N2/c1-2-12(9-5-7-11-14)8-4-3-6-10-13/h2-3,5-7,12H,1,4,8-11,13-14H2. The molecule has 0 heterocycles. The summed E-state index contributed by atoms with van der Waals surface area (Å²) >= 11 is 0. The van der Waals surface area contributed by atoms with Gasteiger partial charge in [-0.05, 0) is 25.2 Å². The van der Waals surface area contributed by atoms with Crippen LogP contribution < -0.4 is 11.5 Å². The minimum atomic E-state index is 0.556. The first-order valence-corrected chi connectivity index (χ1v) is 5.17. The molecule has 14 heavy (non-hydrogen) atoms. The van der Waals surface area contributed by atoms with E-state index < -0.39 is 0 Å². The highest BCUT2D eigenvalue weighted by molar-refractivity contribution is 4.92. The Morgan fingerprint density at radius 1 is 1.00 bits per heavy atom. The van der Waals surface area contributed by atoms with Crippen LogP contribution in [0.3, 0.4) is 0 Å². The van der Waals surface area contributed by atoms with Crippen LogP contribution in [0.5, 0.6) is 0 Å². The van der Waals surface area contributed by atoms with Crippen LogP contribution in [0, 0.1) is 5.92 Å². The van der Waals surface area contributed by atoms with Crippen LogP contribution in [0.25, 0.3) is 0 Å². The highest BCUT2D eigenvalue weighted by atomic mass is 14.5. The van der Waals surface area contributed by atoms with E-state index in [1.54, 1.807) is 0 Å². The lowest BCUT2D eigenvalue weighted by atomic mass is 9.99. The summed E-state index contributed by atoms with van der Waals surface area (Å²) in [7, 11) is 0. The van der Waals surface area contributed by atoms with Crippen LogP contribution in [0.15, 0.2) is 37.0 Å². The number of allylic oxidation sites excluding steroid dienone is 3. The van der Waals surface area contributed by atoms with Crippen molar-refractivity contribution >= 4 is 0 Å². The van der Waals surface area contributed by atoms with Crippen LogP contribution in [-0.4, -0.2) is 13.1 Å². The molecule has 0 saturated heterocycles. The monoisotopic (exact) mass is 194 g/mol. The van der Waals surface area contributed by atoms with Crippen molar-refractivity contribution in [3.63, 3.8) is 0 Å². The van der Waals surface area contributed by atoms with Gasteiger partial charge in [-0.25, -0.2) is 0 Å². The van der Waals surface area contributed by atoms with Crippen molar-refractivity contribution in [3.8, 4) is 0 Å². The summed E-state index contributed by atoms with van der Waals surface area (Å²) in [5.74, 6) is 0.556. The average Bonchev–Trinajstić information content (AvgIpc) is 2.22. The first-order chi connectivity index (χ1) is 6.85. The van der Waals surface area contributed by atoms with Gasteiger partial charge in [-0.1, -0.05) is 30.4 Å². The normalized spacial score (nSPS) is 13.9. The van der Waals surface area contributed by atoms with E-state index in [0.717, 1.165) is 19.3 Å². The molecule has 0 bridgehead atoms. The molecule has 1 atom stereocenters. The molecule has 80 valence electrons. The van der Waals surface area contributed by atoms with Gasteiger partial charge in [0.25, 0.3) is 0 Å². The SMILES string of the molecule is C=CC(CC=CCN)CCC=CCN. The van der Waals surface area contributed by atoms with Gasteiger partial charge >= 0.3 is 0 Å². The fourth-order valence-corrected chi connectivity index (χ4v) is 1.22. The van der Waals surface area contributed by atoms with Gasteiger partial charge in [-0.15, -0.1) is 6.58 Å². The largest absolute Gasteiger partial charge is 0.327 e. The topological polar surface area (TPSA) is 52.0 Å². The van der Waals surface area contributed by atoms with Crippen molar-refractivity contribution in [3.05, 3.63) is 37.0 Å². The average molecular weight is 194 g/mol. The molecule has 0 aliphatic carbocycles. The molecule has 0 aromatic carbocycles. The smallest absolute Gasteiger partial charge is 0.0106 e. The second-order valence-electron chi connectivity index (χ2n) is 3.22. The molecule has 2 heteroatoms. The summed E-state index contributed by atoms with van der Waals surface area (Å²) in [6.07, 6.45) is 13.5. The highest BCUT2D eigenvalue weighted by Crippen LogP contribution is 2.13. The summed E-state index contributed by atoms with van der Waals surface area (Å²) in [5.41, 5.74) is 10.7. The number of rotatable bonds is 8. The Bertz CT molecular complexity index is 183. The van der Waals surface area contributed by atoms with Crippen LogP contribution in [0.4, 0.5) is 0 Å². The Morgan fingerprint density at radius 2 is 1.64 bits per heavy atom. The summed E-state index contributed by atoms with van der Waals surface area (Å²) in [5, 5.41) is 0. The van der Waals surface area contributed by atoms with Crippen LogP contribution in [0.1, 0.15) is 19.3 Å². The predicted octanol–water partition coefficient (Wildman–Crippen LogP) is 1.99. The molecule has 0 aromatic heterocycles. The van der Waals surface area contributed by atoms with Gasteiger partial charge in [0.05, 0.1) is 0 Å². The summed E-state index contributed by atoms with van der Waals surface area (Å²) < 4.78 is 0. The first kappa shape index (κ1) is 13.1. The predicted molar refractivity (Wildman–Crippen MR) is 63.9 cm³/mol. The quantitative estimate of drug-likeness (QED) is 0.581. The van der Waals surface area contributed by atoms with Crippen molar-refractivity contribution in [2.24, 2.45) is 17.4 Å². The maximum absolute atomic E-state index is 5.36. The molecule has 0 aliphatic rings. The van der Waals surface area contributed by atoms with Gasteiger partial charge < -0.3 is 11.5 Å². The van der Waals surface area contributed by atoms with E-state index in [9.17, 15) is 0 Å². The van der Waals surface area contributed by atoms with E-state index >= 15 is 0 Å². The number of hydrogen-bond acceptors (Lipinski definition) is 2. The molecular weight excluding hydrogens is 172 g/mol. The lowest BCUT2D eigenvalue weighted by molar-refractivity contribution is 0.607. The van der Waals surface area contributed by atoms with E-state index in [0.29, 0.717) is 19.0 Å². The van der Waals surface area contributed by atoms with E-state index in [4.69, 9.17) is 11.5 Å². The van der Waals surface area contributed by atoms with Gasteiger partial charge in [0.15, 0.2) is 0 Å². The Morgan fingerprint density at radius 3 is 2.21 bits per heavy atom. The van der Waals surface area contributed by atoms with Crippen LogP contribution >= 0.6 is 0 Å². The fraction of sp³-hybridized carbons (Fsp3) is 0.500. The molecule has 0 saturated carbocycles. The maximum atomic E-state index is 5.36. The van der Waals surface area contributed by atoms with Crippen LogP contribution in [0.2, 0.25) is 0 Å². The Kier molecular flexibility index (Phi) is 9.59. The third-order valence-electron chi connectivity index (χ3n) is 2.08. The Balaban J connectivity index is 3.62. The van der Waals surface area contributed by atoms with Gasteiger partial charge in [-0.2, -0.15) is 0 Å². The third-order valence-corrected chi connectivity index (χ3v) is 2.08. The molecule has 0 aromatic rings. The molecule has 2 nitrogen and oxygen atoms in total. The molecule has 0 rings (SSSR count). The van der Waals surface area contributed by atoms with Gasteiger partial charge in [0.1, 0.15) is 0 Å². The lowest BCUT2D eigenvalue weighted by Crippen LogP contribution is -1.96. The number of nitrogens with two attached hydrogens (primary N) is 2. The Labute approximate surface area is 87.4 Å². The summed E-state index contributed by atoms with van der Waals surface area (Å²) in [6, 6.07) is 0. The molecular formula is C12H22N2. The molecule has 0 aliphatic heterocycles. The molecule has 1 unspecified atom stereocenters. The second-order valence-corrected chi connectivity index (χ2v) is 3.22. The van der Waals surface area contributed by atoms with Crippen molar-refractivity contribution in [2.75, 3.05) is 13.1 Å². The van der Waals surface area contributed by atoms with E-state index in [2.05, 4.69) is 18.7 Å². The minimum absolute atomic E-state index is 0.556. The molecule has 0 amide bonds. The van der Waals surface area contributed by atoms with Gasteiger partial charge in [0, 0.05) is 13.1 Å². The van der Waals surface area contributed by atoms with Gasteiger partial charge in [0.2, 0.25) is 0 Å². The zero-order valence-corrected chi connectivity index (χ0v) is 8.86. The van der Waals surface area contributed by atoms with Crippen molar-refractivity contribution in [1.29, 1.82) is 0 Å². The maximum Gasteiger partial charge on any atom is 0.0106 e. The molecule has 0 radical (unpaired) electrons. The highest BCUT2D eigenvalue weighted by Gasteiger charge is 1.99. The second kappa shape index (κ2) is 10.2. The zero-order chi connectivity index (χ0) is 10.6. The molecule has 0 fully saturated rings. The Hall–Kier alpha value is -0.860. The fourth-order valence-electron chi connectivity index (χ4n) is 1.22. The molecule has 0 spiro atoms. The van der Waals surface area contributed by atoms with E-state index in [-0.39, 0.29) is 0 Å². The van der Waals surface area contributed by atoms with Crippen molar-refractivity contribution < 1.29 is 0 Å².